The van der Waals surface area contributed by atoms with Crippen molar-refractivity contribution < 1.29 is 80.2 Å². The van der Waals surface area contributed by atoms with E-state index in [1.54, 1.807) is 0 Å². The molecule has 19 heteroatoms. The molecule has 0 aliphatic carbocycles. The number of carbonyl (C=O) groups excluding carboxylic acids is 4. The van der Waals surface area contributed by atoms with Gasteiger partial charge in [0, 0.05) is 25.7 Å². The molecule has 0 spiro atoms. The Morgan fingerprint density at radius 3 is 0.874 bits per heavy atom. The van der Waals surface area contributed by atoms with Crippen LogP contribution in [0.5, 0.6) is 0 Å². The van der Waals surface area contributed by atoms with Crippen molar-refractivity contribution in [3.63, 3.8) is 0 Å². The van der Waals surface area contributed by atoms with Gasteiger partial charge in [0.2, 0.25) is 0 Å². The molecule has 17 nitrogen and oxygen atoms in total. The maximum Gasteiger partial charge on any atom is 0.472 e. The number of aliphatic hydroxyl groups excluding tert-OH is 1. The van der Waals surface area contributed by atoms with E-state index in [9.17, 15) is 43.2 Å². The molecule has 4 unspecified atom stereocenters. The third kappa shape index (κ3) is 60.1. The van der Waals surface area contributed by atoms with Crippen molar-refractivity contribution >= 4 is 39.5 Å². The van der Waals surface area contributed by atoms with Crippen LogP contribution in [0.3, 0.4) is 0 Å². The quantitative estimate of drug-likeness (QED) is 0.0222. The molecule has 0 aliphatic heterocycles. The minimum atomic E-state index is -4.95. The van der Waals surface area contributed by atoms with Gasteiger partial charge in [0.25, 0.3) is 0 Å². The van der Waals surface area contributed by atoms with Crippen molar-refractivity contribution in [3.8, 4) is 0 Å². The van der Waals surface area contributed by atoms with Crippen LogP contribution in [0.2, 0.25) is 0 Å². The van der Waals surface area contributed by atoms with Crippen molar-refractivity contribution in [1.82, 2.24) is 0 Å². The van der Waals surface area contributed by atoms with Gasteiger partial charge in [-0.1, -0.05) is 286 Å². The van der Waals surface area contributed by atoms with Crippen molar-refractivity contribution in [3.05, 3.63) is 0 Å². The minimum Gasteiger partial charge on any atom is -0.462 e. The summed E-state index contributed by atoms with van der Waals surface area (Å²) in [7, 11) is -9.90. The summed E-state index contributed by atoms with van der Waals surface area (Å²) < 4.78 is 68.2. The molecule has 0 saturated carbocycles. The number of hydrogen-bond acceptors (Lipinski definition) is 15. The van der Waals surface area contributed by atoms with E-state index in [1.807, 2.05) is 0 Å². The van der Waals surface area contributed by atoms with Crippen LogP contribution in [0.15, 0.2) is 0 Å². The van der Waals surface area contributed by atoms with Gasteiger partial charge in [-0.05, 0) is 43.4 Å². The molecule has 3 N–H and O–H groups in total. The van der Waals surface area contributed by atoms with E-state index in [1.165, 1.54) is 148 Å². The summed E-state index contributed by atoms with van der Waals surface area (Å²) in [5.74, 6) is 0.143. The second kappa shape index (κ2) is 59.1. The summed E-state index contributed by atoms with van der Waals surface area (Å²) in [6.07, 6.45) is 41.5. The third-order valence-corrected chi connectivity index (χ3v) is 18.3. The highest BCUT2D eigenvalue weighted by molar-refractivity contribution is 7.47. The summed E-state index contributed by atoms with van der Waals surface area (Å²) >= 11 is 0. The molecule has 0 bridgehead atoms. The monoisotopic (exact) mass is 1280 g/mol. The second-order valence-corrected chi connectivity index (χ2v) is 28.4. The minimum absolute atomic E-state index is 0.104. The zero-order chi connectivity index (χ0) is 64.5. The number of phosphoric ester groups is 2. The van der Waals surface area contributed by atoms with Crippen molar-refractivity contribution in [1.29, 1.82) is 0 Å². The summed E-state index contributed by atoms with van der Waals surface area (Å²) in [5.41, 5.74) is 0. The lowest BCUT2D eigenvalue weighted by molar-refractivity contribution is -0.161. The van der Waals surface area contributed by atoms with Crippen molar-refractivity contribution in [2.24, 2.45) is 17.8 Å². The van der Waals surface area contributed by atoms with Gasteiger partial charge >= 0.3 is 39.5 Å². The number of carbonyl (C=O) groups is 4. The van der Waals surface area contributed by atoms with E-state index in [-0.39, 0.29) is 25.7 Å². The zero-order valence-corrected chi connectivity index (χ0v) is 58.3. The number of esters is 4. The molecule has 0 aromatic rings. The van der Waals surface area contributed by atoms with Gasteiger partial charge in [-0.15, -0.1) is 0 Å². The number of rotatable bonds is 66. The van der Waals surface area contributed by atoms with Gasteiger partial charge in [-0.2, -0.15) is 0 Å². The molecule has 0 aromatic carbocycles. The lowest BCUT2D eigenvalue weighted by Crippen LogP contribution is -2.30. The molecule has 0 radical (unpaired) electrons. The summed E-state index contributed by atoms with van der Waals surface area (Å²) in [4.78, 5) is 72.5. The Hall–Kier alpha value is -1.94. The molecule has 87 heavy (non-hydrogen) atoms. The number of hydrogen-bond donors (Lipinski definition) is 3. The Balaban J connectivity index is 5.27. The molecule has 0 rings (SSSR count). The Labute approximate surface area is 530 Å². The molecular weight excluding hydrogens is 1150 g/mol. The molecule has 0 fully saturated rings. The Morgan fingerprint density at radius 2 is 0.586 bits per heavy atom. The van der Waals surface area contributed by atoms with Crippen LogP contribution in [0, 0.1) is 17.8 Å². The highest BCUT2D eigenvalue weighted by atomic mass is 31.2. The average molecular weight is 1280 g/mol. The number of phosphoric acid groups is 2. The first kappa shape index (κ1) is 85.1. The Bertz CT molecular complexity index is 1720. The molecule has 0 saturated heterocycles. The van der Waals surface area contributed by atoms with E-state index in [0.717, 1.165) is 108 Å². The summed E-state index contributed by atoms with van der Waals surface area (Å²) in [6.45, 7) is 11.8. The molecule has 516 valence electrons. The predicted molar refractivity (Wildman–Crippen MR) is 349 cm³/mol. The lowest BCUT2D eigenvalue weighted by atomic mass is 9.99. The van der Waals surface area contributed by atoms with Gasteiger partial charge in [-0.3, -0.25) is 37.3 Å². The molecule has 0 aromatic heterocycles. The first-order valence-corrected chi connectivity index (χ1v) is 38.4. The van der Waals surface area contributed by atoms with E-state index in [0.29, 0.717) is 25.7 Å². The maximum absolute atomic E-state index is 13.0. The normalized spacial score (nSPS) is 14.9. The lowest BCUT2D eigenvalue weighted by Gasteiger charge is -2.21. The first-order chi connectivity index (χ1) is 41.8. The summed E-state index contributed by atoms with van der Waals surface area (Å²) in [6, 6.07) is 0. The van der Waals surface area contributed by atoms with Crippen LogP contribution < -0.4 is 0 Å². The van der Waals surface area contributed by atoms with Gasteiger partial charge < -0.3 is 33.8 Å². The molecular formula is C68H132O17P2. The Kier molecular flexibility index (Phi) is 57.8. The largest absolute Gasteiger partial charge is 0.472 e. The molecule has 7 atom stereocenters. The molecule has 0 amide bonds. The highest BCUT2D eigenvalue weighted by Crippen LogP contribution is 2.45. The summed E-state index contributed by atoms with van der Waals surface area (Å²) in [5, 5.41) is 10.6. The first-order valence-electron chi connectivity index (χ1n) is 35.4. The number of ether oxygens (including phenoxy) is 4. The fourth-order valence-corrected chi connectivity index (χ4v) is 11.7. The van der Waals surface area contributed by atoms with Crippen LogP contribution in [-0.4, -0.2) is 96.7 Å². The van der Waals surface area contributed by atoms with Gasteiger partial charge in [0.1, 0.15) is 19.3 Å². The van der Waals surface area contributed by atoms with E-state index in [2.05, 4.69) is 48.5 Å². The smallest absolute Gasteiger partial charge is 0.462 e. The average Bonchev–Trinajstić information content (AvgIpc) is 3.52. The SMILES string of the molecule is CCCCCCCCCCCCCCC(=O)O[C@H](COC(=O)CCCCCCCCCCC(C)C)COP(=O)(O)OC[C@H](O)COP(=O)(O)OC[C@@H](COC(=O)CCCCCCCCCCC(C)CC)OC(=O)CCCCCCCCCCC(C)CC. The van der Waals surface area contributed by atoms with Gasteiger partial charge in [0.15, 0.2) is 12.2 Å². The zero-order valence-electron chi connectivity index (χ0n) is 56.5. The van der Waals surface area contributed by atoms with Crippen LogP contribution in [0.25, 0.3) is 0 Å². The van der Waals surface area contributed by atoms with Crippen LogP contribution in [0.1, 0.15) is 337 Å². The number of unbranched alkanes of at least 4 members (excludes halogenated alkanes) is 32. The van der Waals surface area contributed by atoms with Crippen LogP contribution >= 0.6 is 15.6 Å². The highest BCUT2D eigenvalue weighted by Gasteiger charge is 2.30. The van der Waals surface area contributed by atoms with E-state index in [4.69, 9.17) is 37.0 Å². The van der Waals surface area contributed by atoms with E-state index >= 15 is 0 Å². The maximum atomic E-state index is 13.0. The molecule has 0 heterocycles. The van der Waals surface area contributed by atoms with Crippen LogP contribution in [0.4, 0.5) is 0 Å². The van der Waals surface area contributed by atoms with Gasteiger partial charge in [-0.25, -0.2) is 9.13 Å². The molecule has 0 aliphatic rings. The second-order valence-electron chi connectivity index (χ2n) is 25.5. The number of aliphatic hydroxyl groups is 1. The Morgan fingerprint density at radius 1 is 0.333 bits per heavy atom. The van der Waals surface area contributed by atoms with Crippen LogP contribution in [-0.2, 0) is 65.4 Å². The fraction of sp³-hybridized carbons (Fsp3) is 0.941. The van der Waals surface area contributed by atoms with Crippen molar-refractivity contribution in [2.75, 3.05) is 39.6 Å². The van der Waals surface area contributed by atoms with Gasteiger partial charge in [0.05, 0.1) is 26.4 Å². The topological polar surface area (TPSA) is 237 Å². The van der Waals surface area contributed by atoms with Crippen molar-refractivity contribution in [2.45, 2.75) is 356 Å². The predicted octanol–water partition coefficient (Wildman–Crippen LogP) is 19.1. The standard InChI is InChI=1S/C68H132O17P2/c1-8-11-12-13-14-15-16-17-18-30-37-44-51-67(72)84-63(55-78-65(70)49-42-35-28-22-19-25-32-39-46-59(4)5)57-82-86(74,75)80-53-62(69)54-81-87(76,77)83-58-64(85-68(73)52-45-38-31-24-21-27-34-41-48-61(7)10-3)56-79-66(71)50-43-36-29-23-20-26-33-40-47-60(6)9-2/h59-64,69H,8-58H2,1-7H3,(H,74,75)(H,76,77)/t60?,61?,62-,63+,64+/m0/s1. The van der Waals surface area contributed by atoms with E-state index < -0.39 is 97.5 Å². The third-order valence-electron chi connectivity index (χ3n) is 16.4. The fourth-order valence-electron chi connectivity index (χ4n) is 10.1.